The first-order chi connectivity index (χ1) is 12.3. The maximum absolute atomic E-state index is 12.9. The van der Waals surface area contributed by atoms with Crippen molar-refractivity contribution in [3.05, 3.63) is 46.6 Å². The summed E-state index contributed by atoms with van der Waals surface area (Å²) in [5.41, 5.74) is -0.951. The van der Waals surface area contributed by atoms with Gasteiger partial charge in [-0.15, -0.1) is 0 Å². The van der Waals surface area contributed by atoms with E-state index in [1.54, 1.807) is 0 Å². The molecule has 0 fully saturated rings. The number of carbonyl (C=O) groups is 1. The Labute approximate surface area is 154 Å². The highest BCUT2D eigenvalue weighted by atomic mass is 32.2. The molecule has 3 rings (SSSR count). The van der Waals surface area contributed by atoms with Gasteiger partial charge in [0.05, 0.1) is 28.3 Å². The van der Waals surface area contributed by atoms with E-state index in [2.05, 4.69) is 10.4 Å². The minimum absolute atomic E-state index is 0.180. The van der Waals surface area contributed by atoms with Crippen molar-refractivity contribution < 1.29 is 26.4 Å². The average Bonchev–Trinajstić information content (AvgIpc) is 2.99. The summed E-state index contributed by atoms with van der Waals surface area (Å²) in [6.07, 6.45) is -4.57. The highest BCUT2D eigenvalue weighted by Gasteiger charge is 2.36. The minimum atomic E-state index is -4.57. The van der Waals surface area contributed by atoms with E-state index >= 15 is 0 Å². The van der Waals surface area contributed by atoms with Gasteiger partial charge in [-0.3, -0.25) is 4.79 Å². The van der Waals surface area contributed by atoms with Gasteiger partial charge in [0, 0.05) is 11.1 Å². The maximum atomic E-state index is 12.9. The molecule has 0 saturated carbocycles. The Balaban J connectivity index is 2.00. The summed E-state index contributed by atoms with van der Waals surface area (Å²) < 4.78 is 63.9. The van der Waals surface area contributed by atoms with Crippen LogP contribution in [0.25, 0.3) is 0 Å². The molecule has 1 aromatic carbocycles. The van der Waals surface area contributed by atoms with Crippen LogP contribution in [-0.4, -0.2) is 24.1 Å². The van der Waals surface area contributed by atoms with Gasteiger partial charge in [0.1, 0.15) is 5.82 Å². The lowest BCUT2D eigenvalue weighted by atomic mass is 10.1. The van der Waals surface area contributed by atoms with E-state index in [0.717, 1.165) is 18.2 Å². The SMILES string of the molecule is CC(C)(C)n1nc2c(c1NC(=O)c1cccc(C(F)(F)F)c1)CS(=O)(=O)C2. The third-order valence-corrected chi connectivity index (χ3v) is 5.55. The number of nitrogens with zero attached hydrogens (tertiary/aromatic N) is 2. The second-order valence-electron chi connectivity index (χ2n) is 7.42. The third-order valence-electron chi connectivity index (χ3n) is 4.11. The molecule has 1 amide bonds. The maximum Gasteiger partial charge on any atom is 0.416 e. The van der Waals surface area contributed by atoms with E-state index < -0.39 is 33.0 Å². The van der Waals surface area contributed by atoms with Gasteiger partial charge in [0.25, 0.3) is 5.91 Å². The molecule has 1 aliphatic rings. The van der Waals surface area contributed by atoms with E-state index in [1.165, 1.54) is 10.7 Å². The number of anilines is 1. The quantitative estimate of drug-likeness (QED) is 0.837. The van der Waals surface area contributed by atoms with Crippen LogP contribution in [0.2, 0.25) is 0 Å². The number of aromatic nitrogens is 2. The molecule has 0 bridgehead atoms. The van der Waals surface area contributed by atoms with Gasteiger partial charge in [-0.25, -0.2) is 13.1 Å². The first-order valence-corrected chi connectivity index (χ1v) is 9.90. The fourth-order valence-corrected chi connectivity index (χ4v) is 4.37. The summed E-state index contributed by atoms with van der Waals surface area (Å²) in [4.78, 5) is 12.6. The number of benzene rings is 1. The van der Waals surface area contributed by atoms with Crippen LogP contribution < -0.4 is 5.32 Å². The zero-order valence-electron chi connectivity index (χ0n) is 14.9. The van der Waals surface area contributed by atoms with Crippen molar-refractivity contribution in [2.75, 3.05) is 5.32 Å². The van der Waals surface area contributed by atoms with Crippen LogP contribution in [0.5, 0.6) is 0 Å². The van der Waals surface area contributed by atoms with Crippen LogP contribution in [0, 0.1) is 0 Å². The van der Waals surface area contributed by atoms with Gasteiger partial charge in [-0.05, 0) is 39.0 Å². The summed E-state index contributed by atoms with van der Waals surface area (Å²) in [5.74, 6) is -1.06. The molecule has 2 aromatic rings. The molecule has 1 aliphatic heterocycles. The number of sulfone groups is 1. The number of halogens is 3. The molecule has 6 nitrogen and oxygen atoms in total. The number of hydrogen-bond acceptors (Lipinski definition) is 4. The Morgan fingerprint density at radius 2 is 1.85 bits per heavy atom. The highest BCUT2D eigenvalue weighted by molar-refractivity contribution is 7.90. The fraction of sp³-hybridized carbons (Fsp3) is 0.412. The number of carbonyl (C=O) groups excluding carboxylic acids is 1. The number of nitrogens with one attached hydrogen (secondary N) is 1. The zero-order chi connectivity index (χ0) is 20.2. The van der Waals surface area contributed by atoms with Gasteiger partial charge >= 0.3 is 6.18 Å². The van der Waals surface area contributed by atoms with Crippen LogP contribution in [0.4, 0.5) is 19.0 Å². The van der Waals surface area contributed by atoms with Crippen molar-refractivity contribution in [1.29, 1.82) is 0 Å². The van der Waals surface area contributed by atoms with Crippen molar-refractivity contribution in [2.24, 2.45) is 0 Å². The molecule has 0 atom stereocenters. The minimum Gasteiger partial charge on any atom is -0.306 e. The molecule has 1 aromatic heterocycles. The van der Waals surface area contributed by atoms with Crippen molar-refractivity contribution in [3.8, 4) is 0 Å². The third kappa shape index (κ3) is 3.85. The van der Waals surface area contributed by atoms with E-state index in [-0.39, 0.29) is 22.9 Å². The van der Waals surface area contributed by atoms with Crippen LogP contribution in [0.3, 0.4) is 0 Å². The van der Waals surface area contributed by atoms with Crippen molar-refractivity contribution >= 4 is 21.6 Å². The average molecular weight is 401 g/mol. The van der Waals surface area contributed by atoms with Gasteiger partial charge < -0.3 is 5.32 Å². The monoisotopic (exact) mass is 401 g/mol. The number of hydrogen-bond donors (Lipinski definition) is 1. The molecule has 10 heteroatoms. The summed E-state index contributed by atoms with van der Waals surface area (Å²) in [6, 6.07) is 4.04. The molecule has 0 saturated heterocycles. The number of fused-ring (bicyclic) bond motifs is 1. The number of rotatable bonds is 2. The standard InChI is InChI=1S/C17H18F3N3O3S/c1-16(2,3)23-14(12-8-27(25,26)9-13(12)22-23)21-15(24)10-5-4-6-11(7-10)17(18,19)20/h4-7H,8-9H2,1-3H3,(H,21,24). The van der Waals surface area contributed by atoms with E-state index in [4.69, 9.17) is 0 Å². The molecule has 2 heterocycles. The number of amides is 1. The molecule has 146 valence electrons. The van der Waals surface area contributed by atoms with Gasteiger partial charge in [-0.2, -0.15) is 18.3 Å². The van der Waals surface area contributed by atoms with Crippen LogP contribution >= 0.6 is 0 Å². The van der Waals surface area contributed by atoms with Crippen molar-refractivity contribution in [2.45, 2.75) is 44.0 Å². The molecule has 0 spiro atoms. The summed E-state index contributed by atoms with van der Waals surface area (Å²) >= 11 is 0. The van der Waals surface area contributed by atoms with Crippen LogP contribution in [0.15, 0.2) is 24.3 Å². The van der Waals surface area contributed by atoms with Crippen molar-refractivity contribution in [1.82, 2.24) is 9.78 Å². The molecule has 1 N–H and O–H groups in total. The van der Waals surface area contributed by atoms with E-state index in [0.29, 0.717) is 11.3 Å². The van der Waals surface area contributed by atoms with E-state index in [1.807, 2.05) is 20.8 Å². The highest BCUT2D eigenvalue weighted by Crippen LogP contribution is 2.35. The summed E-state index contributed by atoms with van der Waals surface area (Å²) in [5, 5.41) is 6.86. The topological polar surface area (TPSA) is 81.1 Å². The summed E-state index contributed by atoms with van der Waals surface area (Å²) in [7, 11) is -3.35. The first-order valence-electron chi connectivity index (χ1n) is 8.08. The lowest BCUT2D eigenvalue weighted by molar-refractivity contribution is -0.137. The first kappa shape index (κ1) is 19.4. The van der Waals surface area contributed by atoms with E-state index in [9.17, 15) is 26.4 Å². The second-order valence-corrected chi connectivity index (χ2v) is 9.49. The molecular formula is C17H18F3N3O3S. The Morgan fingerprint density at radius 3 is 2.44 bits per heavy atom. The molecule has 0 aliphatic carbocycles. The molecule has 0 unspecified atom stereocenters. The second kappa shape index (κ2) is 6.08. The Hall–Kier alpha value is -2.36. The Morgan fingerprint density at radius 1 is 1.19 bits per heavy atom. The van der Waals surface area contributed by atoms with Crippen LogP contribution in [0.1, 0.15) is 48.0 Å². The zero-order valence-corrected chi connectivity index (χ0v) is 15.7. The number of alkyl halides is 3. The molecular weight excluding hydrogens is 383 g/mol. The molecule has 0 radical (unpaired) electrons. The van der Waals surface area contributed by atoms with Gasteiger partial charge in [0.2, 0.25) is 0 Å². The smallest absolute Gasteiger partial charge is 0.306 e. The summed E-state index contributed by atoms with van der Waals surface area (Å²) in [6.45, 7) is 5.47. The lowest BCUT2D eigenvalue weighted by Gasteiger charge is -2.23. The largest absolute Gasteiger partial charge is 0.416 e. The van der Waals surface area contributed by atoms with Crippen LogP contribution in [-0.2, 0) is 33.1 Å². The normalized spacial score (nSPS) is 16.2. The predicted octanol–water partition coefficient (Wildman–Crippen LogP) is 3.34. The Bertz CT molecular complexity index is 1020. The van der Waals surface area contributed by atoms with Gasteiger partial charge in [0.15, 0.2) is 9.84 Å². The van der Waals surface area contributed by atoms with Gasteiger partial charge in [-0.1, -0.05) is 6.07 Å². The fourth-order valence-electron chi connectivity index (χ4n) is 2.87. The Kier molecular flexibility index (Phi) is 4.37. The lowest BCUT2D eigenvalue weighted by Crippen LogP contribution is -2.27. The predicted molar refractivity (Wildman–Crippen MR) is 92.9 cm³/mol. The van der Waals surface area contributed by atoms with Crippen molar-refractivity contribution in [3.63, 3.8) is 0 Å². The molecule has 27 heavy (non-hydrogen) atoms.